The molecule has 0 saturated heterocycles. The van der Waals surface area contributed by atoms with Crippen LogP contribution in [0.1, 0.15) is 11.1 Å². The van der Waals surface area contributed by atoms with Gasteiger partial charge in [-0.1, -0.05) is 18.2 Å². The van der Waals surface area contributed by atoms with Crippen LogP contribution in [-0.2, 0) is 17.4 Å². The van der Waals surface area contributed by atoms with E-state index >= 15 is 0 Å². The van der Waals surface area contributed by atoms with E-state index in [4.69, 9.17) is 0 Å². The molecule has 1 aromatic heterocycles. The van der Waals surface area contributed by atoms with E-state index in [1.54, 1.807) is 17.0 Å². The molecule has 144 valence electrons. The van der Waals surface area contributed by atoms with Crippen molar-refractivity contribution in [2.24, 2.45) is 0 Å². The van der Waals surface area contributed by atoms with E-state index in [0.717, 1.165) is 34.6 Å². The molecular formula is C22H14F3N3O. The molecule has 0 fully saturated rings. The van der Waals surface area contributed by atoms with Crippen molar-refractivity contribution in [3.63, 3.8) is 0 Å². The number of carbonyl (C=O) groups is 1. The number of halogens is 3. The summed E-state index contributed by atoms with van der Waals surface area (Å²) in [5.41, 5.74) is 3.37. The fourth-order valence-corrected chi connectivity index (χ4v) is 3.63. The maximum atomic E-state index is 12.9. The summed E-state index contributed by atoms with van der Waals surface area (Å²) in [6.07, 6.45) is -4.04. The maximum absolute atomic E-state index is 12.9. The fourth-order valence-electron chi connectivity index (χ4n) is 3.63. The monoisotopic (exact) mass is 393 g/mol. The molecule has 29 heavy (non-hydrogen) atoms. The number of rotatable bonds is 2. The van der Waals surface area contributed by atoms with E-state index in [-0.39, 0.29) is 5.91 Å². The highest BCUT2D eigenvalue weighted by Gasteiger charge is 2.31. The molecule has 0 unspecified atom stereocenters. The number of hydrogen-bond acceptors (Lipinski definition) is 2. The Morgan fingerprint density at radius 2 is 1.72 bits per heavy atom. The minimum absolute atomic E-state index is 0.00219. The van der Waals surface area contributed by atoms with Crippen LogP contribution in [0.15, 0.2) is 66.7 Å². The molecule has 4 aromatic rings. The summed E-state index contributed by atoms with van der Waals surface area (Å²) >= 11 is 0. The second-order valence-electron chi connectivity index (χ2n) is 6.90. The van der Waals surface area contributed by atoms with Crippen LogP contribution >= 0.6 is 0 Å². The standard InChI is InChI=1S/C22H14F3N3O/c23-22(24,25)15-7-10-17-18(12-15)27-21(26-17)13-5-8-16(9-6-13)28-19-4-2-1-3-14(19)11-20(28)29/h1-10,12H,11H2,(H,26,27). The molecule has 0 atom stereocenters. The Bertz CT molecular complexity index is 1240. The van der Waals surface area contributed by atoms with Gasteiger partial charge in [0.1, 0.15) is 5.82 Å². The predicted molar refractivity (Wildman–Crippen MR) is 104 cm³/mol. The first-order chi connectivity index (χ1) is 13.9. The van der Waals surface area contributed by atoms with Crippen LogP contribution in [-0.4, -0.2) is 15.9 Å². The number of nitrogens with one attached hydrogen (secondary N) is 1. The van der Waals surface area contributed by atoms with Crippen LogP contribution in [0.3, 0.4) is 0 Å². The van der Waals surface area contributed by atoms with E-state index in [1.165, 1.54) is 6.07 Å². The Morgan fingerprint density at radius 3 is 2.48 bits per heavy atom. The quantitative estimate of drug-likeness (QED) is 0.491. The largest absolute Gasteiger partial charge is 0.416 e. The van der Waals surface area contributed by atoms with Crippen molar-refractivity contribution in [3.05, 3.63) is 77.9 Å². The minimum Gasteiger partial charge on any atom is -0.338 e. The van der Waals surface area contributed by atoms with Crippen molar-refractivity contribution in [2.45, 2.75) is 12.6 Å². The second-order valence-corrected chi connectivity index (χ2v) is 6.90. The van der Waals surface area contributed by atoms with E-state index in [0.29, 0.717) is 23.3 Å². The number of H-pyrrole nitrogens is 1. The van der Waals surface area contributed by atoms with Crippen LogP contribution < -0.4 is 4.90 Å². The van der Waals surface area contributed by atoms with E-state index < -0.39 is 11.7 Å². The van der Waals surface area contributed by atoms with Crippen molar-refractivity contribution >= 4 is 28.3 Å². The first-order valence-corrected chi connectivity index (χ1v) is 8.98. The van der Waals surface area contributed by atoms with Crippen LogP contribution in [0.5, 0.6) is 0 Å². The van der Waals surface area contributed by atoms with Crippen molar-refractivity contribution in [2.75, 3.05) is 4.90 Å². The van der Waals surface area contributed by atoms with Crippen molar-refractivity contribution < 1.29 is 18.0 Å². The van der Waals surface area contributed by atoms with Crippen LogP contribution in [0.2, 0.25) is 0 Å². The molecule has 1 amide bonds. The summed E-state index contributed by atoms with van der Waals surface area (Å²) in [7, 11) is 0. The molecule has 1 aliphatic heterocycles. The Labute approximate surface area is 163 Å². The Balaban J connectivity index is 1.49. The second kappa shape index (κ2) is 6.20. The first kappa shape index (κ1) is 17.5. The summed E-state index contributed by atoms with van der Waals surface area (Å²) in [4.78, 5) is 21.4. The molecule has 1 aliphatic rings. The topological polar surface area (TPSA) is 49.0 Å². The molecule has 3 aromatic carbocycles. The van der Waals surface area contributed by atoms with Gasteiger partial charge >= 0.3 is 6.18 Å². The number of imidazole rings is 1. The molecular weight excluding hydrogens is 379 g/mol. The van der Waals surface area contributed by atoms with Gasteiger partial charge in [-0.2, -0.15) is 13.2 Å². The third-order valence-electron chi connectivity index (χ3n) is 5.03. The van der Waals surface area contributed by atoms with E-state index in [2.05, 4.69) is 9.97 Å². The first-order valence-electron chi connectivity index (χ1n) is 8.98. The van der Waals surface area contributed by atoms with Gasteiger partial charge in [0.25, 0.3) is 0 Å². The van der Waals surface area contributed by atoms with Crippen molar-refractivity contribution in [1.82, 2.24) is 9.97 Å². The molecule has 0 saturated carbocycles. The maximum Gasteiger partial charge on any atom is 0.416 e. The van der Waals surface area contributed by atoms with Gasteiger partial charge < -0.3 is 4.98 Å². The molecule has 1 N–H and O–H groups in total. The van der Waals surface area contributed by atoms with Gasteiger partial charge in [0.15, 0.2) is 0 Å². The highest BCUT2D eigenvalue weighted by molar-refractivity contribution is 6.07. The Morgan fingerprint density at radius 1 is 0.966 bits per heavy atom. The summed E-state index contributed by atoms with van der Waals surface area (Å²) in [6, 6.07) is 18.3. The molecule has 4 nitrogen and oxygen atoms in total. The molecule has 0 spiro atoms. The molecule has 0 bridgehead atoms. The van der Waals surface area contributed by atoms with Gasteiger partial charge in [0.05, 0.1) is 28.7 Å². The third kappa shape index (κ3) is 2.95. The zero-order valence-corrected chi connectivity index (χ0v) is 15.0. The van der Waals surface area contributed by atoms with Gasteiger partial charge in [-0.25, -0.2) is 4.98 Å². The molecule has 0 radical (unpaired) electrons. The number of para-hydroxylation sites is 1. The van der Waals surface area contributed by atoms with Crippen LogP contribution in [0.25, 0.3) is 22.4 Å². The molecule has 5 rings (SSSR count). The molecule has 7 heteroatoms. The number of carbonyl (C=O) groups excluding carboxylic acids is 1. The number of nitrogens with zero attached hydrogens (tertiary/aromatic N) is 2. The SMILES string of the molecule is O=C1Cc2ccccc2N1c1ccc(-c2nc3ccc(C(F)(F)F)cc3[nH]2)cc1. The number of benzene rings is 3. The van der Waals surface area contributed by atoms with Crippen molar-refractivity contribution in [3.8, 4) is 11.4 Å². The Hall–Kier alpha value is -3.61. The predicted octanol–water partition coefficient (Wildman–Crippen LogP) is 5.47. The van der Waals surface area contributed by atoms with Crippen molar-refractivity contribution in [1.29, 1.82) is 0 Å². The smallest absolute Gasteiger partial charge is 0.338 e. The fraction of sp³-hybridized carbons (Fsp3) is 0.0909. The lowest BCUT2D eigenvalue weighted by atomic mass is 10.1. The lowest BCUT2D eigenvalue weighted by Crippen LogP contribution is -2.20. The molecule has 2 heterocycles. The highest BCUT2D eigenvalue weighted by atomic mass is 19.4. The van der Waals surface area contributed by atoms with Gasteiger partial charge in [-0.05, 0) is 54.1 Å². The third-order valence-corrected chi connectivity index (χ3v) is 5.03. The van der Waals surface area contributed by atoms with Gasteiger partial charge in [0, 0.05) is 11.3 Å². The number of hydrogen-bond donors (Lipinski definition) is 1. The average Bonchev–Trinajstić information content (AvgIpc) is 3.27. The summed E-state index contributed by atoms with van der Waals surface area (Å²) < 4.78 is 38.7. The van der Waals surface area contributed by atoms with E-state index in [9.17, 15) is 18.0 Å². The zero-order chi connectivity index (χ0) is 20.2. The zero-order valence-electron chi connectivity index (χ0n) is 15.0. The number of amides is 1. The number of aromatic amines is 1. The Kier molecular flexibility index (Phi) is 3.74. The summed E-state index contributed by atoms with van der Waals surface area (Å²) in [5, 5.41) is 0. The van der Waals surface area contributed by atoms with E-state index in [1.807, 2.05) is 36.4 Å². The van der Waals surface area contributed by atoms with Crippen LogP contribution in [0.4, 0.5) is 24.5 Å². The van der Waals surface area contributed by atoms with Gasteiger partial charge in [-0.3, -0.25) is 9.69 Å². The highest BCUT2D eigenvalue weighted by Crippen LogP contribution is 2.36. The number of aromatic nitrogens is 2. The normalized spacial score (nSPS) is 13.9. The number of alkyl halides is 3. The van der Waals surface area contributed by atoms with Crippen LogP contribution in [0, 0.1) is 0 Å². The molecule has 0 aliphatic carbocycles. The lowest BCUT2D eigenvalue weighted by molar-refractivity contribution is -0.137. The number of anilines is 2. The average molecular weight is 393 g/mol. The van der Waals surface area contributed by atoms with Gasteiger partial charge in [0.2, 0.25) is 5.91 Å². The number of fused-ring (bicyclic) bond motifs is 2. The van der Waals surface area contributed by atoms with Gasteiger partial charge in [-0.15, -0.1) is 0 Å². The summed E-state index contributed by atoms with van der Waals surface area (Å²) in [6.45, 7) is 0. The minimum atomic E-state index is -4.40. The lowest BCUT2D eigenvalue weighted by Gasteiger charge is -2.17. The summed E-state index contributed by atoms with van der Waals surface area (Å²) in [5.74, 6) is 0.474.